The van der Waals surface area contributed by atoms with Crippen LogP contribution in [0.25, 0.3) is 10.2 Å². The maximum Gasteiger partial charge on any atom is 0.255 e. The lowest BCUT2D eigenvalue weighted by Gasteiger charge is -2.35. The van der Waals surface area contributed by atoms with E-state index in [0.717, 1.165) is 47.3 Å². The number of amides is 1. The van der Waals surface area contributed by atoms with Crippen LogP contribution in [0.15, 0.2) is 34.6 Å². The monoisotopic (exact) mass is 373 g/mol. The number of primary amides is 1. The number of nitrogens with zero attached hydrogens (tertiary/aromatic N) is 4. The van der Waals surface area contributed by atoms with Crippen molar-refractivity contribution in [2.75, 3.05) is 36.0 Å². The van der Waals surface area contributed by atoms with E-state index in [1.54, 1.807) is 6.07 Å². The Morgan fingerprint density at radius 3 is 2.56 bits per heavy atom. The molecule has 0 unspecified atom stereocenters. The summed E-state index contributed by atoms with van der Waals surface area (Å²) >= 11 is 2.64. The molecule has 0 spiro atoms. The molecule has 1 aliphatic heterocycles. The highest BCUT2D eigenvalue weighted by molar-refractivity contribution is 7.21. The van der Waals surface area contributed by atoms with Gasteiger partial charge in [0.05, 0.1) is 11.1 Å². The fourth-order valence-electron chi connectivity index (χ4n) is 2.78. The molecule has 1 amide bonds. The lowest BCUT2D eigenvalue weighted by Crippen LogP contribution is -2.47. The van der Waals surface area contributed by atoms with Crippen LogP contribution in [-0.2, 0) is 0 Å². The van der Waals surface area contributed by atoms with E-state index < -0.39 is 5.91 Å². The number of thiophene rings is 1. The average Bonchev–Trinajstić information content (AvgIpc) is 3.11. The Labute approximate surface area is 151 Å². The number of aromatic nitrogens is 2. The minimum atomic E-state index is -0.478. The molecule has 7 nitrogen and oxygen atoms in total. The Bertz CT molecular complexity index is 974. The second-order valence-corrected chi connectivity index (χ2v) is 7.52. The molecule has 2 N–H and O–H groups in total. The van der Waals surface area contributed by atoms with Crippen LogP contribution < -0.4 is 20.3 Å². The Kier molecular flexibility index (Phi) is 4.10. The van der Waals surface area contributed by atoms with E-state index in [0.29, 0.717) is 5.56 Å². The number of hydrogen-bond donors (Lipinski definition) is 1. The van der Waals surface area contributed by atoms with E-state index in [4.69, 9.17) is 5.73 Å². The van der Waals surface area contributed by atoms with Crippen molar-refractivity contribution in [3.8, 4) is 0 Å². The minimum absolute atomic E-state index is 0.0705. The van der Waals surface area contributed by atoms with Crippen LogP contribution in [0.5, 0.6) is 0 Å². The summed E-state index contributed by atoms with van der Waals surface area (Å²) in [6.07, 6.45) is 1.50. The molecule has 3 aromatic heterocycles. The lowest BCUT2D eigenvalue weighted by atomic mass is 10.2. The van der Waals surface area contributed by atoms with Crippen molar-refractivity contribution in [1.82, 2.24) is 9.97 Å². The van der Waals surface area contributed by atoms with Crippen LogP contribution in [0.2, 0.25) is 0 Å². The maximum atomic E-state index is 12.2. The minimum Gasteiger partial charge on any atom is -0.366 e. The Morgan fingerprint density at radius 1 is 1.12 bits per heavy atom. The van der Waals surface area contributed by atoms with Gasteiger partial charge in [-0.15, -0.1) is 11.3 Å². The molecule has 0 atom stereocenters. The zero-order valence-corrected chi connectivity index (χ0v) is 14.8. The Balaban J connectivity index is 1.48. The number of nitrogens with two attached hydrogens (primary N) is 1. The molecule has 128 valence electrons. The molecule has 0 aliphatic carbocycles. The van der Waals surface area contributed by atoms with Gasteiger partial charge in [-0.25, -0.2) is 9.97 Å². The standard InChI is InChI=1S/C16H15N5O2S2/c17-14(22)10-1-2-12(18-9-10)20-4-6-21(7-5-20)16-19-11-3-8-24-13(11)15(23)25-16/h1-3,8-9H,4-7H2,(H2,17,22). The quantitative estimate of drug-likeness (QED) is 0.749. The highest BCUT2D eigenvalue weighted by Gasteiger charge is 2.21. The molecule has 3 aromatic rings. The van der Waals surface area contributed by atoms with Crippen LogP contribution in [0.1, 0.15) is 10.4 Å². The van der Waals surface area contributed by atoms with Gasteiger partial charge in [0.2, 0.25) is 5.91 Å². The van der Waals surface area contributed by atoms with E-state index in [2.05, 4.69) is 19.8 Å². The molecule has 0 aromatic carbocycles. The molecule has 0 saturated carbocycles. The van der Waals surface area contributed by atoms with Gasteiger partial charge < -0.3 is 15.5 Å². The summed E-state index contributed by atoms with van der Waals surface area (Å²) in [4.78, 5) is 36.5. The summed E-state index contributed by atoms with van der Waals surface area (Å²) in [6, 6.07) is 5.39. The first-order valence-corrected chi connectivity index (χ1v) is 9.45. The summed E-state index contributed by atoms with van der Waals surface area (Å²) in [5.41, 5.74) is 6.42. The molecule has 0 bridgehead atoms. The van der Waals surface area contributed by atoms with Crippen molar-refractivity contribution in [3.05, 3.63) is 44.9 Å². The number of carbonyl (C=O) groups excluding carboxylic acids is 1. The van der Waals surface area contributed by atoms with Crippen molar-refractivity contribution in [1.29, 1.82) is 0 Å². The number of anilines is 2. The second-order valence-electron chi connectivity index (χ2n) is 5.66. The predicted octanol–water partition coefficient (Wildman–Crippen LogP) is 1.54. The molecule has 4 heterocycles. The summed E-state index contributed by atoms with van der Waals surface area (Å²) in [5.74, 6) is 0.341. The summed E-state index contributed by atoms with van der Waals surface area (Å²) in [7, 11) is 0. The summed E-state index contributed by atoms with van der Waals surface area (Å²) in [5, 5.41) is 2.67. The van der Waals surface area contributed by atoms with Crippen LogP contribution in [0.4, 0.5) is 10.9 Å². The smallest absolute Gasteiger partial charge is 0.255 e. The zero-order chi connectivity index (χ0) is 17.4. The van der Waals surface area contributed by atoms with Crippen molar-refractivity contribution in [2.24, 2.45) is 5.73 Å². The predicted molar refractivity (Wildman–Crippen MR) is 101 cm³/mol. The van der Waals surface area contributed by atoms with Crippen molar-refractivity contribution in [2.45, 2.75) is 0 Å². The van der Waals surface area contributed by atoms with E-state index >= 15 is 0 Å². The third-order valence-electron chi connectivity index (χ3n) is 4.14. The molecule has 0 radical (unpaired) electrons. The van der Waals surface area contributed by atoms with Gasteiger partial charge in [-0.2, -0.15) is 0 Å². The number of carbonyl (C=O) groups is 1. The fourth-order valence-corrected chi connectivity index (χ4v) is 4.53. The summed E-state index contributed by atoms with van der Waals surface area (Å²) in [6.45, 7) is 3.07. The normalized spacial score (nSPS) is 14.9. The topological polar surface area (TPSA) is 92.4 Å². The van der Waals surface area contributed by atoms with Crippen LogP contribution in [0.3, 0.4) is 0 Å². The van der Waals surface area contributed by atoms with Gasteiger partial charge in [0.25, 0.3) is 4.74 Å². The van der Waals surface area contributed by atoms with Gasteiger partial charge >= 0.3 is 0 Å². The Morgan fingerprint density at radius 2 is 1.88 bits per heavy atom. The molecule has 25 heavy (non-hydrogen) atoms. The first kappa shape index (κ1) is 16.0. The molecule has 1 fully saturated rings. The van der Waals surface area contributed by atoms with Crippen molar-refractivity contribution < 1.29 is 4.79 Å². The average molecular weight is 373 g/mol. The van der Waals surface area contributed by atoms with Gasteiger partial charge in [0.15, 0.2) is 5.13 Å². The van der Waals surface area contributed by atoms with E-state index in [-0.39, 0.29) is 4.74 Å². The summed E-state index contributed by atoms with van der Waals surface area (Å²) < 4.78 is 0.798. The molecule has 9 heteroatoms. The van der Waals surface area contributed by atoms with E-state index in [1.165, 1.54) is 28.9 Å². The number of rotatable bonds is 3. The molecular weight excluding hydrogens is 358 g/mol. The number of fused-ring (bicyclic) bond motifs is 1. The number of piperazine rings is 1. The van der Waals surface area contributed by atoms with Gasteiger partial charge in [-0.3, -0.25) is 9.59 Å². The van der Waals surface area contributed by atoms with Crippen molar-refractivity contribution in [3.63, 3.8) is 0 Å². The van der Waals surface area contributed by atoms with Crippen LogP contribution >= 0.6 is 22.7 Å². The van der Waals surface area contributed by atoms with Crippen LogP contribution in [0, 0.1) is 0 Å². The third kappa shape index (κ3) is 3.08. The fraction of sp³-hybridized carbons (Fsp3) is 0.250. The largest absolute Gasteiger partial charge is 0.366 e. The highest BCUT2D eigenvalue weighted by Crippen LogP contribution is 2.24. The van der Waals surface area contributed by atoms with Crippen LogP contribution in [-0.4, -0.2) is 42.1 Å². The van der Waals surface area contributed by atoms with Crippen molar-refractivity contribution >= 4 is 49.7 Å². The van der Waals surface area contributed by atoms with E-state index in [9.17, 15) is 9.59 Å². The number of hydrogen-bond acceptors (Lipinski definition) is 8. The SMILES string of the molecule is NC(=O)c1ccc(N2CCN(c3nc4ccsc4c(=O)s3)CC2)nc1. The highest BCUT2D eigenvalue weighted by atomic mass is 32.1. The molecular formula is C16H15N5O2S2. The molecule has 4 rings (SSSR count). The zero-order valence-electron chi connectivity index (χ0n) is 13.2. The van der Waals surface area contributed by atoms with Gasteiger partial charge in [0, 0.05) is 32.4 Å². The van der Waals surface area contributed by atoms with Gasteiger partial charge in [-0.05, 0) is 23.6 Å². The second kappa shape index (κ2) is 6.41. The number of pyridine rings is 1. The maximum absolute atomic E-state index is 12.2. The van der Waals surface area contributed by atoms with Gasteiger partial charge in [-0.1, -0.05) is 11.3 Å². The van der Waals surface area contributed by atoms with Gasteiger partial charge in [0.1, 0.15) is 10.5 Å². The third-order valence-corrected chi connectivity index (χ3v) is 6.09. The Hall–Kier alpha value is -2.52. The molecule has 1 saturated heterocycles. The lowest BCUT2D eigenvalue weighted by molar-refractivity contribution is 0.1000. The van der Waals surface area contributed by atoms with E-state index in [1.807, 2.05) is 17.5 Å². The first-order chi connectivity index (χ1) is 12.1. The molecule has 1 aliphatic rings. The first-order valence-electron chi connectivity index (χ1n) is 7.76.